The first-order chi connectivity index (χ1) is 7.98. The summed E-state index contributed by atoms with van der Waals surface area (Å²) < 4.78 is 1.11. The number of anilines is 1. The second kappa shape index (κ2) is 4.97. The lowest BCUT2D eigenvalue weighted by atomic mass is 9.75. The van der Waals surface area contributed by atoms with Gasteiger partial charge in [-0.15, -0.1) is 0 Å². The maximum absolute atomic E-state index is 4.47. The zero-order valence-corrected chi connectivity index (χ0v) is 12.5. The van der Waals surface area contributed by atoms with E-state index in [2.05, 4.69) is 52.7 Å². The molecule has 0 aliphatic carbocycles. The molecule has 0 spiro atoms. The first-order valence-corrected chi connectivity index (χ1v) is 7.13. The lowest BCUT2D eigenvalue weighted by Gasteiger charge is -2.39. The van der Waals surface area contributed by atoms with Gasteiger partial charge in [0, 0.05) is 19.3 Å². The second-order valence-electron chi connectivity index (χ2n) is 5.94. The summed E-state index contributed by atoms with van der Waals surface area (Å²) in [5.41, 5.74) is 0.438. The maximum Gasteiger partial charge on any atom is 0.142 e. The number of nitrogens with zero attached hydrogens (tertiary/aromatic N) is 2. The van der Waals surface area contributed by atoms with Gasteiger partial charge in [0.1, 0.15) is 5.82 Å². The molecule has 2 nitrogen and oxygen atoms in total. The van der Waals surface area contributed by atoms with Crippen molar-refractivity contribution >= 4 is 21.7 Å². The zero-order valence-electron chi connectivity index (χ0n) is 10.9. The number of hydrogen-bond acceptors (Lipinski definition) is 2. The molecule has 3 heteroatoms. The van der Waals surface area contributed by atoms with Crippen LogP contribution in [-0.2, 0) is 0 Å². The normalized spacial score (nSPS) is 18.5. The van der Waals surface area contributed by atoms with E-state index >= 15 is 0 Å². The molecule has 1 aromatic heterocycles. The van der Waals surface area contributed by atoms with Crippen molar-refractivity contribution in [3.05, 3.63) is 22.8 Å². The van der Waals surface area contributed by atoms with Crippen LogP contribution in [0.1, 0.15) is 33.6 Å². The summed E-state index contributed by atoms with van der Waals surface area (Å²) in [6, 6.07) is 4.04. The fourth-order valence-electron chi connectivity index (χ4n) is 2.57. The molecule has 1 saturated heterocycles. The van der Waals surface area contributed by atoms with Gasteiger partial charge in [0.05, 0.1) is 4.47 Å². The monoisotopic (exact) mass is 296 g/mol. The van der Waals surface area contributed by atoms with E-state index < -0.39 is 0 Å². The molecule has 0 radical (unpaired) electrons. The molecule has 2 heterocycles. The number of pyridine rings is 1. The van der Waals surface area contributed by atoms with Crippen molar-refractivity contribution in [3.8, 4) is 0 Å². The minimum Gasteiger partial charge on any atom is -0.356 e. The molecule has 0 saturated carbocycles. The van der Waals surface area contributed by atoms with Crippen LogP contribution < -0.4 is 4.90 Å². The van der Waals surface area contributed by atoms with E-state index in [-0.39, 0.29) is 0 Å². The maximum atomic E-state index is 4.47. The molecule has 0 unspecified atom stereocenters. The molecular weight excluding hydrogens is 276 g/mol. The van der Waals surface area contributed by atoms with Gasteiger partial charge in [0.15, 0.2) is 0 Å². The van der Waals surface area contributed by atoms with Crippen LogP contribution in [0, 0.1) is 11.3 Å². The SMILES string of the molecule is CC(C)(C)C1CCN(c2ncccc2Br)CC1. The van der Waals surface area contributed by atoms with Crippen molar-refractivity contribution in [2.24, 2.45) is 11.3 Å². The first-order valence-electron chi connectivity index (χ1n) is 6.34. The Morgan fingerprint density at radius 1 is 1.29 bits per heavy atom. The topological polar surface area (TPSA) is 16.1 Å². The summed E-state index contributed by atoms with van der Waals surface area (Å²) in [5, 5.41) is 0. The highest BCUT2D eigenvalue weighted by atomic mass is 79.9. The third-order valence-corrected chi connectivity index (χ3v) is 4.38. The molecule has 94 valence electrons. The van der Waals surface area contributed by atoms with Crippen molar-refractivity contribution in [3.63, 3.8) is 0 Å². The number of rotatable bonds is 1. The number of piperidine rings is 1. The van der Waals surface area contributed by atoms with E-state index in [9.17, 15) is 0 Å². The highest BCUT2D eigenvalue weighted by Gasteiger charge is 2.29. The zero-order chi connectivity index (χ0) is 12.5. The molecule has 0 aromatic carbocycles. The van der Waals surface area contributed by atoms with Gasteiger partial charge in [-0.05, 0) is 52.2 Å². The summed E-state index contributed by atoms with van der Waals surface area (Å²) in [6.45, 7) is 9.30. The van der Waals surface area contributed by atoms with Crippen molar-refractivity contribution in [2.45, 2.75) is 33.6 Å². The number of hydrogen-bond donors (Lipinski definition) is 0. The fraction of sp³-hybridized carbons (Fsp3) is 0.643. The molecule has 0 bridgehead atoms. The van der Waals surface area contributed by atoms with Gasteiger partial charge in [-0.25, -0.2) is 4.98 Å². The van der Waals surface area contributed by atoms with E-state index in [0.29, 0.717) is 5.41 Å². The highest BCUT2D eigenvalue weighted by molar-refractivity contribution is 9.10. The van der Waals surface area contributed by atoms with Gasteiger partial charge in [-0.1, -0.05) is 20.8 Å². The average Bonchev–Trinajstić information content (AvgIpc) is 2.29. The Hall–Kier alpha value is -0.570. The number of aromatic nitrogens is 1. The molecule has 1 aromatic rings. The average molecular weight is 297 g/mol. The molecule has 0 atom stereocenters. The Balaban J connectivity index is 2.03. The third kappa shape index (κ3) is 3.01. The van der Waals surface area contributed by atoms with Gasteiger partial charge < -0.3 is 4.90 Å². The van der Waals surface area contributed by atoms with Crippen molar-refractivity contribution in [1.29, 1.82) is 0 Å². The Bertz CT molecular complexity index is 376. The lowest BCUT2D eigenvalue weighted by Crippen LogP contribution is -2.38. The Kier molecular flexibility index (Phi) is 3.76. The molecular formula is C14H21BrN2. The predicted octanol–water partition coefficient (Wildman–Crippen LogP) is 4.11. The minimum atomic E-state index is 0.438. The molecule has 17 heavy (non-hydrogen) atoms. The van der Waals surface area contributed by atoms with Crippen LogP contribution in [0.4, 0.5) is 5.82 Å². The summed E-state index contributed by atoms with van der Waals surface area (Å²) in [7, 11) is 0. The van der Waals surface area contributed by atoms with Crippen molar-refractivity contribution in [2.75, 3.05) is 18.0 Å². The van der Waals surface area contributed by atoms with E-state index in [1.807, 2.05) is 12.3 Å². The van der Waals surface area contributed by atoms with E-state index in [0.717, 1.165) is 29.3 Å². The molecule has 1 fully saturated rings. The van der Waals surface area contributed by atoms with Crippen molar-refractivity contribution in [1.82, 2.24) is 4.98 Å². The minimum absolute atomic E-state index is 0.438. The third-order valence-electron chi connectivity index (χ3n) is 3.76. The number of halogens is 1. The van der Waals surface area contributed by atoms with Crippen LogP contribution in [0.15, 0.2) is 22.8 Å². The Morgan fingerprint density at radius 3 is 2.47 bits per heavy atom. The van der Waals surface area contributed by atoms with E-state index in [1.54, 1.807) is 0 Å². The fourth-order valence-corrected chi connectivity index (χ4v) is 3.07. The van der Waals surface area contributed by atoms with Gasteiger partial charge in [0.25, 0.3) is 0 Å². The first kappa shape index (κ1) is 12.9. The summed E-state index contributed by atoms with van der Waals surface area (Å²) in [6.07, 6.45) is 4.41. The van der Waals surface area contributed by atoms with Gasteiger partial charge in [-0.2, -0.15) is 0 Å². The van der Waals surface area contributed by atoms with Crippen LogP contribution in [0.3, 0.4) is 0 Å². The van der Waals surface area contributed by atoms with Crippen LogP contribution in [0.25, 0.3) is 0 Å². The molecule has 0 N–H and O–H groups in total. The van der Waals surface area contributed by atoms with Crippen LogP contribution >= 0.6 is 15.9 Å². The molecule has 1 aliphatic rings. The highest BCUT2D eigenvalue weighted by Crippen LogP contribution is 2.36. The predicted molar refractivity (Wildman–Crippen MR) is 76.3 cm³/mol. The second-order valence-corrected chi connectivity index (χ2v) is 6.79. The molecule has 2 rings (SSSR count). The molecule has 1 aliphatic heterocycles. The van der Waals surface area contributed by atoms with Crippen LogP contribution in [0.2, 0.25) is 0 Å². The van der Waals surface area contributed by atoms with E-state index in [1.165, 1.54) is 12.8 Å². The largest absolute Gasteiger partial charge is 0.356 e. The Morgan fingerprint density at radius 2 is 1.94 bits per heavy atom. The Labute approximate surface area is 113 Å². The van der Waals surface area contributed by atoms with E-state index in [4.69, 9.17) is 0 Å². The lowest BCUT2D eigenvalue weighted by molar-refractivity contribution is 0.198. The van der Waals surface area contributed by atoms with Crippen LogP contribution in [0.5, 0.6) is 0 Å². The summed E-state index contributed by atoms with van der Waals surface area (Å²) >= 11 is 3.58. The summed E-state index contributed by atoms with van der Waals surface area (Å²) in [4.78, 5) is 6.86. The van der Waals surface area contributed by atoms with Crippen molar-refractivity contribution < 1.29 is 0 Å². The van der Waals surface area contributed by atoms with Gasteiger partial charge in [0.2, 0.25) is 0 Å². The molecule has 0 amide bonds. The smallest absolute Gasteiger partial charge is 0.142 e. The van der Waals surface area contributed by atoms with Gasteiger partial charge >= 0.3 is 0 Å². The van der Waals surface area contributed by atoms with Gasteiger partial charge in [-0.3, -0.25) is 0 Å². The summed E-state index contributed by atoms with van der Waals surface area (Å²) in [5.74, 6) is 1.93. The quantitative estimate of drug-likeness (QED) is 0.775. The standard InChI is InChI=1S/C14H21BrN2/c1-14(2,3)11-6-9-17(10-7-11)13-12(15)5-4-8-16-13/h4-5,8,11H,6-7,9-10H2,1-3H3. The van der Waals surface area contributed by atoms with Crippen LogP contribution in [-0.4, -0.2) is 18.1 Å².